The van der Waals surface area contributed by atoms with E-state index in [4.69, 9.17) is 14.2 Å². The number of hydrogen-bond donors (Lipinski definition) is 11. The number of aliphatic hydroxyl groups is 1. The first kappa shape index (κ1) is 37.1. The van der Waals surface area contributed by atoms with E-state index < -0.39 is 104 Å². The van der Waals surface area contributed by atoms with Crippen LogP contribution >= 0.6 is 0 Å². The van der Waals surface area contributed by atoms with Crippen LogP contribution in [-0.2, 0) is 17.6 Å². The molecule has 0 radical (unpaired) electrons. The van der Waals surface area contributed by atoms with Crippen LogP contribution in [0.25, 0.3) is 21.5 Å². The quantitative estimate of drug-likeness (QED) is 0.0895. The molecule has 17 heteroatoms. The van der Waals surface area contributed by atoms with Gasteiger partial charge in [0.2, 0.25) is 10.9 Å². The number of phenolic OH excluding ortho intramolecular Hbond substituents is 8. The average Bonchev–Trinajstić information content (AvgIpc) is 3.38. The van der Waals surface area contributed by atoms with E-state index in [1.807, 2.05) is 0 Å². The van der Waals surface area contributed by atoms with Gasteiger partial charge in [-0.05, 0) is 47.2 Å². The van der Waals surface area contributed by atoms with Gasteiger partial charge in [-0.25, -0.2) is 4.79 Å². The lowest BCUT2D eigenvalue weighted by atomic mass is 9.91. The van der Waals surface area contributed by atoms with Gasteiger partial charge in [-0.2, -0.15) is 0 Å². The molecule has 2 aliphatic heterocycles. The lowest BCUT2D eigenvalue weighted by molar-refractivity contribution is -0.0187. The average molecular weight is 795 g/mol. The zero-order valence-electron chi connectivity index (χ0n) is 29.4. The molecule has 296 valence electrons. The lowest BCUT2D eigenvalue weighted by Gasteiger charge is -2.33. The third kappa shape index (κ3) is 6.06. The van der Waals surface area contributed by atoms with Crippen molar-refractivity contribution >= 4 is 27.5 Å². The van der Waals surface area contributed by atoms with Crippen molar-refractivity contribution in [3.8, 4) is 69.0 Å². The molecule has 4 atom stereocenters. The number of aromatic hydroxyl groups is 10. The number of phenols is 8. The molecular weight excluding hydrogens is 764 g/mol. The molecule has 0 aromatic heterocycles. The van der Waals surface area contributed by atoms with Crippen LogP contribution in [0.5, 0.6) is 69.0 Å². The Hall–Kier alpha value is -7.79. The summed E-state index contributed by atoms with van der Waals surface area (Å²) in [6.07, 6.45) is -6.42. The van der Waals surface area contributed by atoms with E-state index in [1.165, 1.54) is 12.1 Å². The largest absolute Gasteiger partial charge is 0.508 e. The van der Waals surface area contributed by atoms with Crippen LogP contribution in [0.3, 0.4) is 0 Å². The maximum absolute atomic E-state index is 14.2. The minimum Gasteiger partial charge on any atom is -0.508 e. The molecule has 8 rings (SSSR count). The first-order chi connectivity index (χ1) is 27.5. The number of esters is 1. The fourth-order valence-corrected chi connectivity index (χ4v) is 7.43. The molecule has 6 aromatic rings. The Bertz CT molecular complexity index is 2890. The highest BCUT2D eigenvalue weighted by Crippen LogP contribution is 2.47. The van der Waals surface area contributed by atoms with E-state index in [0.717, 1.165) is 54.6 Å². The topological polar surface area (TPSA) is 301 Å². The predicted octanol–water partition coefficient (Wildman–Crippen LogP) is 3.71. The highest BCUT2D eigenvalue weighted by Gasteiger charge is 2.38. The van der Waals surface area contributed by atoms with Crippen LogP contribution in [0.15, 0.2) is 76.3 Å². The van der Waals surface area contributed by atoms with Gasteiger partial charge in [-0.3, -0.25) is 9.59 Å². The summed E-state index contributed by atoms with van der Waals surface area (Å²) in [7, 11) is 0. The molecule has 0 saturated heterocycles. The van der Waals surface area contributed by atoms with E-state index in [-0.39, 0.29) is 68.9 Å². The van der Waals surface area contributed by atoms with Gasteiger partial charge in [-0.15, -0.1) is 0 Å². The monoisotopic (exact) mass is 794 g/mol. The van der Waals surface area contributed by atoms with Gasteiger partial charge in [0.1, 0.15) is 40.6 Å². The Balaban J connectivity index is 1.27. The van der Waals surface area contributed by atoms with Gasteiger partial charge in [0.15, 0.2) is 46.7 Å². The highest BCUT2D eigenvalue weighted by atomic mass is 16.6. The van der Waals surface area contributed by atoms with Crippen LogP contribution in [0.4, 0.5) is 0 Å². The second-order valence-corrected chi connectivity index (χ2v) is 13.9. The third-order valence-electron chi connectivity index (χ3n) is 10.2. The van der Waals surface area contributed by atoms with E-state index >= 15 is 0 Å². The molecular formula is C41H30O17. The van der Waals surface area contributed by atoms with Crippen LogP contribution in [0, 0.1) is 0 Å². The van der Waals surface area contributed by atoms with Crippen molar-refractivity contribution in [1.29, 1.82) is 0 Å². The van der Waals surface area contributed by atoms with Gasteiger partial charge in [0, 0.05) is 59.4 Å². The van der Waals surface area contributed by atoms with Crippen LogP contribution in [0.2, 0.25) is 0 Å². The van der Waals surface area contributed by atoms with Gasteiger partial charge in [0.25, 0.3) is 0 Å². The molecule has 2 aliphatic rings. The maximum atomic E-state index is 14.2. The van der Waals surface area contributed by atoms with E-state index in [9.17, 15) is 70.6 Å². The molecule has 0 unspecified atom stereocenters. The van der Waals surface area contributed by atoms with Crippen LogP contribution < -0.4 is 20.3 Å². The Morgan fingerprint density at radius 1 is 0.586 bits per heavy atom. The minimum absolute atomic E-state index is 0.0130. The molecule has 2 heterocycles. The van der Waals surface area contributed by atoms with Crippen LogP contribution in [0.1, 0.15) is 44.8 Å². The minimum atomic E-state index is -1.48. The number of fused-ring (bicyclic) bond motifs is 4. The first-order valence-electron chi connectivity index (χ1n) is 17.3. The number of carbonyl (C=O) groups excluding carboxylic acids is 1. The molecule has 17 nitrogen and oxygen atoms in total. The second-order valence-electron chi connectivity index (χ2n) is 13.9. The second kappa shape index (κ2) is 13.5. The zero-order valence-corrected chi connectivity index (χ0v) is 29.4. The molecule has 0 fully saturated rings. The number of rotatable bonds is 4. The summed E-state index contributed by atoms with van der Waals surface area (Å²) in [5.74, 6) is -8.34. The molecule has 0 bridgehead atoms. The molecule has 0 saturated carbocycles. The number of ether oxygens (including phenoxy) is 3. The predicted molar refractivity (Wildman–Crippen MR) is 199 cm³/mol. The summed E-state index contributed by atoms with van der Waals surface area (Å²) >= 11 is 0. The molecule has 0 spiro atoms. The van der Waals surface area contributed by atoms with Crippen molar-refractivity contribution in [3.63, 3.8) is 0 Å². The Morgan fingerprint density at radius 2 is 1.17 bits per heavy atom. The number of hydrogen-bond acceptors (Lipinski definition) is 17. The van der Waals surface area contributed by atoms with E-state index in [0.29, 0.717) is 0 Å². The van der Waals surface area contributed by atoms with Crippen molar-refractivity contribution in [2.75, 3.05) is 0 Å². The number of benzene rings is 4. The maximum Gasteiger partial charge on any atom is 0.338 e. The highest BCUT2D eigenvalue weighted by molar-refractivity contribution is 5.99. The molecule has 58 heavy (non-hydrogen) atoms. The number of carbonyl (C=O) groups is 1. The Kier molecular flexibility index (Phi) is 8.62. The fraction of sp³-hybridized carbons (Fsp3) is 0.146. The standard InChI is InChI=1S/C41H30O17/c42-17-7-24(45)21-12-29(50)40(57-30(21)9-17)20-11-28(49)38(54)34-19(20)4-16(6-27(48)37(34)53)41(55)58-32-13-22-25(46)8-18(43)10-31(22)56-39(32)15-3-14-1-2-23(44)35(51)33(14)36(52)26(47)5-15/h1-11,29,32,39-40,42-46,49-51,54H,12-13H2,(H,47,52)(H,48,53)/t29-,32-,39-,40-/m1/s1. The molecule has 6 aromatic carbocycles. The number of aliphatic hydroxyl groups excluding tert-OH is 1. The summed E-state index contributed by atoms with van der Waals surface area (Å²) in [5, 5.41) is 115. The Morgan fingerprint density at radius 3 is 1.84 bits per heavy atom. The molecule has 0 aliphatic carbocycles. The van der Waals surface area contributed by atoms with Gasteiger partial charge in [0.05, 0.1) is 22.4 Å². The van der Waals surface area contributed by atoms with E-state index in [2.05, 4.69) is 0 Å². The summed E-state index contributed by atoms with van der Waals surface area (Å²) in [6.45, 7) is 0. The summed E-state index contributed by atoms with van der Waals surface area (Å²) in [4.78, 5) is 40.9. The fourth-order valence-electron chi connectivity index (χ4n) is 7.43. The summed E-state index contributed by atoms with van der Waals surface area (Å²) < 4.78 is 18.0. The molecule has 11 N–H and O–H groups in total. The first-order valence-corrected chi connectivity index (χ1v) is 17.3. The lowest BCUT2D eigenvalue weighted by Crippen LogP contribution is -2.34. The smallest absolute Gasteiger partial charge is 0.338 e. The van der Waals surface area contributed by atoms with Crippen molar-refractivity contribution in [2.45, 2.75) is 37.3 Å². The zero-order chi connectivity index (χ0) is 41.5. The van der Waals surface area contributed by atoms with Gasteiger partial charge >= 0.3 is 5.97 Å². The Labute approximate surface area is 323 Å². The summed E-state index contributed by atoms with van der Waals surface area (Å²) in [6, 6.07) is 11.7. The van der Waals surface area contributed by atoms with Crippen molar-refractivity contribution < 1.29 is 75.2 Å². The van der Waals surface area contributed by atoms with Gasteiger partial charge < -0.3 is 70.4 Å². The van der Waals surface area contributed by atoms with Crippen molar-refractivity contribution in [3.05, 3.63) is 115 Å². The van der Waals surface area contributed by atoms with Crippen molar-refractivity contribution in [2.24, 2.45) is 0 Å². The SMILES string of the molecule is O=C(O[C@@H]1Cc2c(O)cc(O)cc2O[C@@H]1c1cc(O)c(=O)c2c(O)c(O)ccc2c1)c1cc(O)c(=O)c2c(O)c(O)cc([C@H]3Oc4cc(O)cc(O)c4C[C@H]3O)c2c1. The van der Waals surface area contributed by atoms with Crippen molar-refractivity contribution in [1.82, 2.24) is 0 Å². The van der Waals surface area contributed by atoms with E-state index in [1.54, 1.807) is 0 Å². The summed E-state index contributed by atoms with van der Waals surface area (Å²) in [5.41, 5.74) is -2.88. The van der Waals surface area contributed by atoms with Crippen LogP contribution in [-0.4, -0.2) is 74.3 Å². The van der Waals surface area contributed by atoms with Gasteiger partial charge in [-0.1, -0.05) is 6.07 Å². The third-order valence-corrected chi connectivity index (χ3v) is 10.2. The molecule has 0 amide bonds. The normalized spacial score (nSPS) is 18.4.